The highest BCUT2D eigenvalue weighted by molar-refractivity contribution is 5.94. The average molecular weight is 287 g/mol. The molecular formula is C18H22FNO. The molecule has 1 N–H and O–H groups in total. The summed E-state index contributed by atoms with van der Waals surface area (Å²) in [5.41, 5.74) is 1.12. The molecular weight excluding hydrogens is 265 g/mol. The Morgan fingerprint density at radius 1 is 1.19 bits per heavy atom. The maximum atomic E-state index is 13.8. The summed E-state index contributed by atoms with van der Waals surface area (Å²) in [6, 6.07) is 5.00. The molecule has 3 saturated carbocycles. The maximum Gasteiger partial charge on any atom is 0.254 e. The number of amides is 1. The zero-order chi connectivity index (χ0) is 14.6. The highest BCUT2D eigenvalue weighted by atomic mass is 19.1. The summed E-state index contributed by atoms with van der Waals surface area (Å²) in [7, 11) is 0. The molecule has 0 saturated heterocycles. The third-order valence-electron chi connectivity index (χ3n) is 6.11. The first-order valence-corrected chi connectivity index (χ1v) is 8.20. The number of nitrogens with one attached hydrogen (secondary N) is 1. The van der Waals surface area contributed by atoms with Gasteiger partial charge in [-0.15, -0.1) is 0 Å². The minimum absolute atomic E-state index is 0.195. The summed E-state index contributed by atoms with van der Waals surface area (Å²) in [5.74, 6) is 2.52. The van der Waals surface area contributed by atoms with Crippen molar-refractivity contribution in [3.8, 4) is 0 Å². The van der Waals surface area contributed by atoms with Crippen LogP contribution in [0, 0.1) is 36.4 Å². The number of fused-ring (bicyclic) bond motifs is 5. The fourth-order valence-electron chi connectivity index (χ4n) is 5.29. The van der Waals surface area contributed by atoms with Crippen LogP contribution in [-0.4, -0.2) is 11.9 Å². The number of carbonyl (C=O) groups excluding carboxylic acids is 1. The van der Waals surface area contributed by atoms with Crippen LogP contribution < -0.4 is 5.32 Å². The molecule has 3 heteroatoms. The van der Waals surface area contributed by atoms with Crippen molar-refractivity contribution in [1.82, 2.24) is 5.32 Å². The number of halogens is 1. The van der Waals surface area contributed by atoms with Crippen LogP contribution >= 0.6 is 0 Å². The Morgan fingerprint density at radius 2 is 2.00 bits per heavy atom. The molecule has 2 bridgehead atoms. The lowest BCUT2D eigenvalue weighted by molar-refractivity contribution is 0.0897. The largest absolute Gasteiger partial charge is 0.349 e. The van der Waals surface area contributed by atoms with Crippen LogP contribution in [0.15, 0.2) is 18.2 Å². The first-order valence-electron chi connectivity index (χ1n) is 8.20. The van der Waals surface area contributed by atoms with E-state index in [1.165, 1.54) is 31.7 Å². The summed E-state index contributed by atoms with van der Waals surface area (Å²) in [4.78, 5) is 12.4. The Kier molecular flexibility index (Phi) is 3.05. The molecule has 3 fully saturated rings. The standard InChI is InChI=1S/C18H22FNO/c1-10-5-6-16(19)15(7-10)18(21)20-17-9-11-8-14(17)13-4-2-3-12(11)13/h5-7,11-14,17H,2-4,8-9H2,1H3,(H,20,21). The summed E-state index contributed by atoms with van der Waals surface area (Å²) in [5, 5.41) is 3.13. The van der Waals surface area contributed by atoms with Gasteiger partial charge in [0.2, 0.25) is 0 Å². The Bertz CT molecular complexity index is 585. The van der Waals surface area contributed by atoms with Crippen molar-refractivity contribution >= 4 is 5.91 Å². The van der Waals surface area contributed by atoms with Crippen molar-refractivity contribution in [2.24, 2.45) is 23.7 Å². The second-order valence-electron chi connectivity index (χ2n) is 7.22. The highest BCUT2D eigenvalue weighted by Gasteiger charge is 2.54. The molecule has 21 heavy (non-hydrogen) atoms. The number of aryl methyl sites for hydroxylation is 1. The molecule has 1 aromatic carbocycles. The minimum atomic E-state index is -0.417. The Labute approximate surface area is 125 Å². The van der Waals surface area contributed by atoms with E-state index in [4.69, 9.17) is 0 Å². The zero-order valence-electron chi connectivity index (χ0n) is 12.4. The molecule has 2 nitrogen and oxygen atoms in total. The third-order valence-corrected chi connectivity index (χ3v) is 6.11. The van der Waals surface area contributed by atoms with E-state index < -0.39 is 5.82 Å². The van der Waals surface area contributed by atoms with Gasteiger partial charge in [0.15, 0.2) is 0 Å². The average Bonchev–Trinajstić information content (AvgIpc) is 3.13. The van der Waals surface area contributed by atoms with Gasteiger partial charge in [0.1, 0.15) is 5.82 Å². The zero-order valence-corrected chi connectivity index (χ0v) is 12.4. The van der Waals surface area contributed by atoms with Crippen LogP contribution in [0.1, 0.15) is 48.0 Å². The van der Waals surface area contributed by atoms with Crippen LogP contribution in [0.4, 0.5) is 4.39 Å². The smallest absolute Gasteiger partial charge is 0.254 e. The van der Waals surface area contributed by atoms with Crippen LogP contribution in [0.5, 0.6) is 0 Å². The topological polar surface area (TPSA) is 29.1 Å². The van der Waals surface area contributed by atoms with E-state index in [1.54, 1.807) is 12.1 Å². The Morgan fingerprint density at radius 3 is 2.86 bits per heavy atom. The Balaban J connectivity index is 1.50. The Hall–Kier alpha value is -1.38. The molecule has 4 rings (SSSR count). The van der Waals surface area contributed by atoms with Gasteiger partial charge in [0.25, 0.3) is 5.91 Å². The summed E-state index contributed by atoms with van der Waals surface area (Å²) in [6.07, 6.45) is 6.45. The number of rotatable bonds is 2. The van der Waals surface area contributed by atoms with Gasteiger partial charge in [-0.05, 0) is 68.4 Å². The molecule has 1 aromatic rings. The molecule has 5 atom stereocenters. The predicted molar refractivity (Wildman–Crippen MR) is 79.4 cm³/mol. The number of hydrogen-bond donors (Lipinski definition) is 1. The van der Waals surface area contributed by atoms with Gasteiger partial charge in [-0.3, -0.25) is 4.79 Å². The van der Waals surface area contributed by atoms with Crippen molar-refractivity contribution in [2.45, 2.75) is 45.1 Å². The molecule has 0 spiro atoms. The minimum Gasteiger partial charge on any atom is -0.349 e. The van der Waals surface area contributed by atoms with E-state index in [9.17, 15) is 9.18 Å². The lowest BCUT2D eigenvalue weighted by Gasteiger charge is -2.32. The van der Waals surface area contributed by atoms with Crippen molar-refractivity contribution < 1.29 is 9.18 Å². The molecule has 0 aliphatic heterocycles. The lowest BCUT2D eigenvalue weighted by Crippen LogP contribution is -2.42. The van der Waals surface area contributed by atoms with Crippen molar-refractivity contribution in [3.05, 3.63) is 35.1 Å². The quantitative estimate of drug-likeness (QED) is 0.883. The number of carbonyl (C=O) groups is 1. The monoisotopic (exact) mass is 287 g/mol. The molecule has 112 valence electrons. The maximum absolute atomic E-state index is 13.8. The van der Waals surface area contributed by atoms with E-state index in [-0.39, 0.29) is 17.5 Å². The summed E-state index contributed by atoms with van der Waals surface area (Å²) < 4.78 is 13.8. The molecule has 0 aromatic heterocycles. The van der Waals surface area contributed by atoms with Gasteiger partial charge in [0.05, 0.1) is 5.56 Å². The van der Waals surface area contributed by atoms with Gasteiger partial charge in [0, 0.05) is 6.04 Å². The van der Waals surface area contributed by atoms with Gasteiger partial charge >= 0.3 is 0 Å². The molecule has 1 amide bonds. The molecule has 3 aliphatic rings. The number of hydrogen-bond acceptors (Lipinski definition) is 1. The van der Waals surface area contributed by atoms with Crippen molar-refractivity contribution in [3.63, 3.8) is 0 Å². The predicted octanol–water partition coefficient (Wildman–Crippen LogP) is 3.69. The highest BCUT2D eigenvalue weighted by Crippen LogP contribution is 2.58. The van der Waals surface area contributed by atoms with Crippen molar-refractivity contribution in [2.75, 3.05) is 0 Å². The molecule has 3 aliphatic carbocycles. The first kappa shape index (κ1) is 13.3. The summed E-state index contributed by atoms with van der Waals surface area (Å²) >= 11 is 0. The molecule has 0 heterocycles. The van der Waals surface area contributed by atoms with E-state index in [0.717, 1.165) is 29.7 Å². The van der Waals surface area contributed by atoms with E-state index in [1.807, 2.05) is 6.92 Å². The van der Waals surface area contributed by atoms with Gasteiger partial charge in [-0.25, -0.2) is 4.39 Å². The van der Waals surface area contributed by atoms with Crippen LogP contribution in [0.3, 0.4) is 0 Å². The van der Waals surface area contributed by atoms with Gasteiger partial charge in [-0.1, -0.05) is 18.1 Å². The van der Waals surface area contributed by atoms with E-state index in [0.29, 0.717) is 5.92 Å². The SMILES string of the molecule is Cc1ccc(F)c(C(=O)NC2CC3CC2C2CCCC32)c1. The lowest BCUT2D eigenvalue weighted by atomic mass is 9.79. The molecule has 5 unspecified atom stereocenters. The second-order valence-corrected chi connectivity index (χ2v) is 7.22. The number of benzene rings is 1. The van der Waals surface area contributed by atoms with Gasteiger partial charge < -0.3 is 5.32 Å². The van der Waals surface area contributed by atoms with Crippen LogP contribution in [-0.2, 0) is 0 Å². The fraction of sp³-hybridized carbons (Fsp3) is 0.611. The van der Waals surface area contributed by atoms with Crippen LogP contribution in [0.25, 0.3) is 0 Å². The van der Waals surface area contributed by atoms with Gasteiger partial charge in [-0.2, -0.15) is 0 Å². The van der Waals surface area contributed by atoms with E-state index in [2.05, 4.69) is 5.32 Å². The second kappa shape index (κ2) is 4.82. The third kappa shape index (κ3) is 2.09. The first-order chi connectivity index (χ1) is 10.1. The van der Waals surface area contributed by atoms with Crippen molar-refractivity contribution in [1.29, 1.82) is 0 Å². The van der Waals surface area contributed by atoms with Crippen LogP contribution in [0.2, 0.25) is 0 Å². The summed E-state index contributed by atoms with van der Waals surface area (Å²) in [6.45, 7) is 1.89. The fourth-order valence-corrected chi connectivity index (χ4v) is 5.29. The van der Waals surface area contributed by atoms with E-state index >= 15 is 0 Å². The normalized spacial score (nSPS) is 36.8. The molecule has 0 radical (unpaired) electrons.